The predicted molar refractivity (Wildman–Crippen MR) is 77.4 cm³/mol. The molecule has 0 saturated heterocycles. The van der Waals surface area contributed by atoms with Gasteiger partial charge in [0, 0.05) is 28.8 Å². The van der Waals surface area contributed by atoms with E-state index in [0.717, 1.165) is 3.57 Å². The highest BCUT2D eigenvalue weighted by Gasteiger charge is 2.14. The van der Waals surface area contributed by atoms with Gasteiger partial charge in [-0.2, -0.15) is 0 Å². The summed E-state index contributed by atoms with van der Waals surface area (Å²) in [6.07, 6.45) is 0.595. The number of carbonyl (C=O) groups excluding carboxylic acids is 1. The molecule has 5 heteroatoms. The van der Waals surface area contributed by atoms with Crippen LogP contribution in [0.15, 0.2) is 18.2 Å². The molecule has 94 valence electrons. The Labute approximate surface area is 120 Å². The summed E-state index contributed by atoms with van der Waals surface area (Å²) >= 11 is 8.12. The van der Waals surface area contributed by atoms with E-state index in [9.17, 15) is 4.79 Å². The molecule has 0 aliphatic rings. The van der Waals surface area contributed by atoms with E-state index in [0.29, 0.717) is 30.1 Å². The molecule has 0 aliphatic carbocycles. The summed E-state index contributed by atoms with van der Waals surface area (Å²) in [7, 11) is 0. The van der Waals surface area contributed by atoms with Crippen molar-refractivity contribution < 1.29 is 9.90 Å². The smallest absolute Gasteiger partial charge is 0.253 e. The molecule has 0 bridgehead atoms. The summed E-state index contributed by atoms with van der Waals surface area (Å²) in [6, 6.07) is 5.29. The lowest BCUT2D eigenvalue weighted by Crippen LogP contribution is -2.32. The van der Waals surface area contributed by atoms with E-state index in [-0.39, 0.29) is 12.5 Å². The predicted octanol–water partition coefficient (Wildman–Crippen LogP) is 2.79. The largest absolute Gasteiger partial charge is 0.396 e. The maximum atomic E-state index is 12.1. The Bertz CT molecular complexity index is 398. The third-order valence-corrected chi connectivity index (χ3v) is 3.99. The first-order valence-corrected chi connectivity index (χ1v) is 6.91. The fourth-order valence-electron chi connectivity index (χ4n) is 1.48. The standard InChI is InChI=1S/C12H15ClINO2/c1-2-15(6-3-7-16)12(17)9-4-5-11(14)10(13)8-9/h4-5,8,16H,2-3,6-7H2,1H3. The average Bonchev–Trinajstić information content (AvgIpc) is 2.33. The van der Waals surface area contributed by atoms with Crippen LogP contribution >= 0.6 is 34.2 Å². The van der Waals surface area contributed by atoms with Gasteiger partial charge in [-0.15, -0.1) is 0 Å². The molecule has 1 amide bonds. The van der Waals surface area contributed by atoms with Crippen molar-refractivity contribution in [2.75, 3.05) is 19.7 Å². The molecule has 1 N–H and O–H groups in total. The van der Waals surface area contributed by atoms with Gasteiger partial charge >= 0.3 is 0 Å². The summed E-state index contributed by atoms with van der Waals surface area (Å²) in [5.41, 5.74) is 0.593. The minimum absolute atomic E-state index is 0.0424. The fraction of sp³-hybridized carbons (Fsp3) is 0.417. The van der Waals surface area contributed by atoms with Crippen LogP contribution in [0, 0.1) is 3.57 Å². The first-order chi connectivity index (χ1) is 8.10. The molecule has 0 aliphatic heterocycles. The van der Waals surface area contributed by atoms with Gasteiger partial charge in [-0.25, -0.2) is 0 Å². The molecule has 3 nitrogen and oxygen atoms in total. The van der Waals surface area contributed by atoms with Gasteiger partial charge in [0.2, 0.25) is 0 Å². The number of nitrogens with zero attached hydrogens (tertiary/aromatic N) is 1. The Balaban J connectivity index is 2.82. The summed E-state index contributed by atoms with van der Waals surface area (Å²) in [6.45, 7) is 3.21. The Kier molecular flexibility index (Phi) is 6.22. The van der Waals surface area contributed by atoms with Crippen LogP contribution < -0.4 is 0 Å². The van der Waals surface area contributed by atoms with Gasteiger partial charge in [0.1, 0.15) is 0 Å². The Morgan fingerprint density at radius 1 is 1.53 bits per heavy atom. The molecule has 0 radical (unpaired) electrons. The van der Waals surface area contributed by atoms with Crippen LogP contribution in [0.25, 0.3) is 0 Å². The quantitative estimate of drug-likeness (QED) is 0.813. The van der Waals surface area contributed by atoms with E-state index in [4.69, 9.17) is 16.7 Å². The highest BCUT2D eigenvalue weighted by molar-refractivity contribution is 14.1. The number of aliphatic hydroxyl groups excluding tert-OH is 1. The van der Waals surface area contributed by atoms with Gasteiger partial charge in [-0.1, -0.05) is 11.6 Å². The summed E-state index contributed by atoms with van der Waals surface area (Å²) in [5.74, 6) is -0.0424. The van der Waals surface area contributed by atoms with Crippen LogP contribution in [0.1, 0.15) is 23.7 Å². The third kappa shape index (κ3) is 4.12. The molecule has 1 aromatic carbocycles. The van der Waals surface area contributed by atoms with E-state index in [2.05, 4.69) is 22.6 Å². The molecule has 0 unspecified atom stereocenters. The second kappa shape index (κ2) is 7.18. The van der Waals surface area contributed by atoms with Crippen molar-refractivity contribution in [3.05, 3.63) is 32.4 Å². The van der Waals surface area contributed by atoms with E-state index >= 15 is 0 Å². The van der Waals surface area contributed by atoms with Crippen molar-refractivity contribution in [2.45, 2.75) is 13.3 Å². The summed E-state index contributed by atoms with van der Waals surface area (Å²) < 4.78 is 0.930. The fourth-order valence-corrected chi connectivity index (χ4v) is 1.99. The van der Waals surface area contributed by atoms with Crippen LogP contribution in [0.4, 0.5) is 0 Å². The van der Waals surface area contributed by atoms with Gasteiger partial charge in [-0.3, -0.25) is 4.79 Å². The Morgan fingerprint density at radius 2 is 2.24 bits per heavy atom. The molecule has 0 aromatic heterocycles. The van der Waals surface area contributed by atoms with Gasteiger partial charge in [0.15, 0.2) is 0 Å². The highest BCUT2D eigenvalue weighted by atomic mass is 127. The summed E-state index contributed by atoms with van der Waals surface area (Å²) in [4.78, 5) is 13.8. The first kappa shape index (κ1) is 14.7. The lowest BCUT2D eigenvalue weighted by Gasteiger charge is -2.20. The number of hydrogen-bond acceptors (Lipinski definition) is 2. The zero-order valence-electron chi connectivity index (χ0n) is 9.62. The van der Waals surface area contributed by atoms with E-state index < -0.39 is 0 Å². The van der Waals surface area contributed by atoms with Crippen LogP contribution in [-0.4, -0.2) is 35.6 Å². The number of hydrogen-bond donors (Lipinski definition) is 1. The topological polar surface area (TPSA) is 40.5 Å². The van der Waals surface area contributed by atoms with Crippen molar-refractivity contribution in [3.63, 3.8) is 0 Å². The maximum absolute atomic E-state index is 12.1. The van der Waals surface area contributed by atoms with E-state index in [1.54, 1.807) is 17.0 Å². The molecule has 17 heavy (non-hydrogen) atoms. The molecule has 0 atom stereocenters. The molecule has 1 aromatic rings. The molecule has 0 saturated carbocycles. The second-order valence-electron chi connectivity index (χ2n) is 3.59. The lowest BCUT2D eigenvalue weighted by molar-refractivity contribution is 0.0754. The number of benzene rings is 1. The van der Waals surface area contributed by atoms with Gasteiger partial charge < -0.3 is 10.0 Å². The van der Waals surface area contributed by atoms with E-state index in [1.807, 2.05) is 13.0 Å². The second-order valence-corrected chi connectivity index (χ2v) is 5.16. The SMILES string of the molecule is CCN(CCCO)C(=O)c1ccc(I)c(Cl)c1. The molecule has 0 spiro atoms. The molecular formula is C12H15ClINO2. The zero-order valence-corrected chi connectivity index (χ0v) is 12.5. The van der Waals surface area contributed by atoms with Crippen LogP contribution in [0.5, 0.6) is 0 Å². The number of carbonyl (C=O) groups is 1. The van der Waals surface area contributed by atoms with E-state index in [1.165, 1.54) is 0 Å². The minimum Gasteiger partial charge on any atom is -0.396 e. The zero-order chi connectivity index (χ0) is 12.8. The highest BCUT2D eigenvalue weighted by Crippen LogP contribution is 2.20. The van der Waals surface area contributed by atoms with Gasteiger partial charge in [0.25, 0.3) is 5.91 Å². The summed E-state index contributed by atoms with van der Waals surface area (Å²) in [5, 5.41) is 9.38. The Hall–Kier alpha value is -0.330. The monoisotopic (exact) mass is 367 g/mol. The average molecular weight is 368 g/mol. The van der Waals surface area contributed by atoms with Crippen molar-refractivity contribution >= 4 is 40.1 Å². The van der Waals surface area contributed by atoms with Crippen molar-refractivity contribution in [1.82, 2.24) is 4.90 Å². The van der Waals surface area contributed by atoms with Crippen LogP contribution in [-0.2, 0) is 0 Å². The normalized spacial score (nSPS) is 10.4. The molecule has 1 rings (SSSR count). The number of halogens is 2. The molecule has 0 fully saturated rings. The van der Waals surface area contributed by atoms with Crippen LogP contribution in [0.3, 0.4) is 0 Å². The number of aliphatic hydroxyl groups is 1. The third-order valence-electron chi connectivity index (χ3n) is 2.42. The molecule has 0 heterocycles. The van der Waals surface area contributed by atoms with Crippen molar-refractivity contribution in [3.8, 4) is 0 Å². The van der Waals surface area contributed by atoms with Gasteiger partial charge in [-0.05, 0) is 54.1 Å². The van der Waals surface area contributed by atoms with Gasteiger partial charge in [0.05, 0.1) is 5.02 Å². The first-order valence-electron chi connectivity index (χ1n) is 5.45. The van der Waals surface area contributed by atoms with Crippen molar-refractivity contribution in [1.29, 1.82) is 0 Å². The Morgan fingerprint density at radius 3 is 2.76 bits per heavy atom. The molecular weight excluding hydrogens is 352 g/mol. The van der Waals surface area contributed by atoms with Crippen LogP contribution in [0.2, 0.25) is 5.02 Å². The maximum Gasteiger partial charge on any atom is 0.253 e. The minimum atomic E-state index is -0.0424. The number of amides is 1. The van der Waals surface area contributed by atoms with Crippen molar-refractivity contribution in [2.24, 2.45) is 0 Å². The lowest BCUT2D eigenvalue weighted by atomic mass is 10.2. The number of rotatable bonds is 5.